The van der Waals surface area contributed by atoms with E-state index in [-0.39, 0.29) is 5.82 Å². The third-order valence-corrected chi connectivity index (χ3v) is 6.38. The molecule has 2 aromatic heterocycles. The van der Waals surface area contributed by atoms with Crippen LogP contribution in [0.5, 0.6) is 0 Å². The zero-order valence-corrected chi connectivity index (χ0v) is 17.0. The van der Waals surface area contributed by atoms with E-state index in [9.17, 15) is 12.8 Å². The molecule has 4 aromatic rings. The maximum Gasteiger partial charge on any atom is 0.203 e. The lowest BCUT2D eigenvalue weighted by atomic mass is 10.1. The maximum atomic E-state index is 13.4. The number of aromatic nitrogens is 3. The van der Waals surface area contributed by atoms with Crippen molar-refractivity contribution in [2.24, 2.45) is 0 Å². The van der Waals surface area contributed by atoms with Crippen molar-refractivity contribution >= 4 is 19.7 Å². The minimum atomic E-state index is -3.23. The van der Waals surface area contributed by atoms with Crippen LogP contribution in [-0.2, 0) is 8.87 Å². The van der Waals surface area contributed by atoms with Crippen LogP contribution >= 0.6 is 10.8 Å². The predicted octanol–water partition coefficient (Wildman–Crippen LogP) is 5.00. The van der Waals surface area contributed by atoms with Crippen molar-refractivity contribution in [3.63, 3.8) is 0 Å². The molecule has 0 spiro atoms. The Morgan fingerprint density at radius 1 is 0.931 bits per heavy atom. The molecule has 1 N–H and O–H groups in total. The molecule has 0 atom stereocenters. The highest BCUT2D eigenvalue weighted by Crippen LogP contribution is 2.34. The normalized spacial score (nSPS) is 11.5. The standard InChI is InChI=1S/C21H16FN3O2S2/c1-29(26,27)28-18-4-2-3-16(13-18)21-24-19(14-5-7-17(22)8-6-14)20(25-21)15-9-11-23-12-10-15/h2-13H,1H3,(H,24,25). The minimum absolute atomic E-state index is 0.319. The minimum Gasteiger partial charge on any atom is -0.337 e. The van der Waals surface area contributed by atoms with Crippen LogP contribution in [0.4, 0.5) is 4.39 Å². The van der Waals surface area contributed by atoms with Gasteiger partial charge in [0.2, 0.25) is 8.87 Å². The van der Waals surface area contributed by atoms with Crippen LogP contribution in [0.3, 0.4) is 0 Å². The molecule has 146 valence electrons. The zero-order chi connectivity index (χ0) is 20.4. The molecule has 0 saturated heterocycles. The van der Waals surface area contributed by atoms with Gasteiger partial charge in [-0.25, -0.2) is 17.8 Å². The van der Waals surface area contributed by atoms with E-state index in [1.165, 1.54) is 18.4 Å². The lowest BCUT2D eigenvalue weighted by Crippen LogP contribution is -1.88. The molecule has 0 fully saturated rings. The van der Waals surface area contributed by atoms with Gasteiger partial charge in [-0.05, 0) is 48.5 Å². The van der Waals surface area contributed by atoms with Crippen molar-refractivity contribution in [2.45, 2.75) is 4.90 Å². The fourth-order valence-corrected chi connectivity index (χ4v) is 4.94. The zero-order valence-electron chi connectivity index (χ0n) is 15.3. The van der Waals surface area contributed by atoms with E-state index in [4.69, 9.17) is 4.98 Å². The highest BCUT2D eigenvalue weighted by Gasteiger charge is 2.16. The first-order valence-corrected chi connectivity index (χ1v) is 11.9. The highest BCUT2D eigenvalue weighted by molar-refractivity contribution is 8.71. The third kappa shape index (κ3) is 4.55. The molecule has 2 aromatic carbocycles. The molecule has 0 radical (unpaired) electrons. The number of benzene rings is 2. The van der Waals surface area contributed by atoms with E-state index in [0.29, 0.717) is 16.4 Å². The first kappa shape index (κ1) is 19.4. The first-order valence-electron chi connectivity index (χ1n) is 8.65. The summed E-state index contributed by atoms with van der Waals surface area (Å²) in [5.74, 6) is 0.271. The largest absolute Gasteiger partial charge is 0.337 e. The molecule has 0 bridgehead atoms. The van der Waals surface area contributed by atoms with Crippen LogP contribution in [0.2, 0.25) is 0 Å². The number of rotatable bonds is 5. The molecule has 2 heterocycles. The van der Waals surface area contributed by atoms with E-state index >= 15 is 0 Å². The summed E-state index contributed by atoms with van der Waals surface area (Å²) in [5, 5.41) is 0. The molecule has 5 nitrogen and oxygen atoms in total. The fourth-order valence-electron chi connectivity index (χ4n) is 2.92. The summed E-state index contributed by atoms with van der Waals surface area (Å²) in [4.78, 5) is 12.7. The molecule has 0 amide bonds. The number of hydrogen-bond donors (Lipinski definition) is 1. The second-order valence-corrected chi connectivity index (χ2v) is 10.7. The van der Waals surface area contributed by atoms with Gasteiger partial charge in [-0.3, -0.25) is 4.98 Å². The van der Waals surface area contributed by atoms with Crippen molar-refractivity contribution in [3.05, 3.63) is 78.9 Å². The second-order valence-electron chi connectivity index (χ2n) is 6.37. The van der Waals surface area contributed by atoms with Crippen LogP contribution < -0.4 is 0 Å². The van der Waals surface area contributed by atoms with Gasteiger partial charge >= 0.3 is 0 Å². The molecule has 8 heteroatoms. The average molecular weight is 426 g/mol. The number of imidazole rings is 1. The van der Waals surface area contributed by atoms with Crippen LogP contribution in [-0.4, -0.2) is 29.6 Å². The van der Waals surface area contributed by atoms with Crippen molar-refractivity contribution in [3.8, 4) is 33.9 Å². The smallest absolute Gasteiger partial charge is 0.203 e. The summed E-state index contributed by atoms with van der Waals surface area (Å²) in [6.07, 6.45) is 4.55. The first-order chi connectivity index (χ1) is 13.9. The number of halogens is 1. The van der Waals surface area contributed by atoms with E-state index in [0.717, 1.165) is 33.2 Å². The summed E-state index contributed by atoms with van der Waals surface area (Å²) in [5.41, 5.74) is 3.85. The van der Waals surface area contributed by atoms with Gasteiger partial charge in [0, 0.05) is 51.0 Å². The summed E-state index contributed by atoms with van der Waals surface area (Å²) in [7, 11) is -2.43. The summed E-state index contributed by atoms with van der Waals surface area (Å²) in [6.45, 7) is 0. The lowest BCUT2D eigenvalue weighted by Gasteiger charge is -2.02. The molecule has 0 unspecified atom stereocenters. The van der Waals surface area contributed by atoms with Gasteiger partial charge in [0.15, 0.2) is 0 Å². The predicted molar refractivity (Wildman–Crippen MR) is 113 cm³/mol. The monoisotopic (exact) mass is 425 g/mol. The number of pyridine rings is 1. The lowest BCUT2D eigenvalue weighted by molar-refractivity contribution is 0.615. The van der Waals surface area contributed by atoms with Gasteiger partial charge in [0.05, 0.1) is 11.4 Å². The van der Waals surface area contributed by atoms with Crippen LogP contribution in [0.1, 0.15) is 0 Å². The molecule has 4 rings (SSSR count). The summed E-state index contributed by atoms with van der Waals surface area (Å²) in [6, 6.07) is 17.0. The SMILES string of the molecule is CS(=O)(=O)Sc1cccc(-c2nc(-c3ccc(F)cc3)c(-c3ccncc3)[nH]2)c1. The van der Waals surface area contributed by atoms with Gasteiger partial charge in [-0.2, -0.15) is 0 Å². The number of nitrogens with zero attached hydrogens (tertiary/aromatic N) is 2. The second kappa shape index (κ2) is 7.81. The van der Waals surface area contributed by atoms with Gasteiger partial charge < -0.3 is 4.98 Å². The Kier molecular flexibility index (Phi) is 5.21. The number of nitrogens with one attached hydrogen (secondary N) is 1. The molecular formula is C21H16FN3O2S2. The molecule has 29 heavy (non-hydrogen) atoms. The van der Waals surface area contributed by atoms with Gasteiger partial charge in [-0.15, -0.1) is 0 Å². The Morgan fingerprint density at radius 2 is 1.66 bits per heavy atom. The number of aromatic amines is 1. The van der Waals surface area contributed by atoms with E-state index < -0.39 is 8.87 Å². The molecule has 0 aliphatic heterocycles. The van der Waals surface area contributed by atoms with Crippen LogP contribution in [0.25, 0.3) is 33.9 Å². The van der Waals surface area contributed by atoms with Crippen LogP contribution in [0, 0.1) is 5.82 Å². The van der Waals surface area contributed by atoms with E-state index in [1.54, 1.807) is 42.7 Å². The molecule has 0 saturated carbocycles. The summed E-state index contributed by atoms with van der Waals surface area (Å²) < 4.78 is 36.6. The maximum absolute atomic E-state index is 13.4. The molecular weight excluding hydrogens is 409 g/mol. The Labute approximate surface area is 171 Å². The average Bonchev–Trinajstić information content (AvgIpc) is 3.14. The van der Waals surface area contributed by atoms with Crippen molar-refractivity contribution in [1.82, 2.24) is 15.0 Å². The Balaban J connectivity index is 1.84. The van der Waals surface area contributed by atoms with Gasteiger partial charge in [0.1, 0.15) is 11.6 Å². The topological polar surface area (TPSA) is 75.7 Å². The molecule has 0 aliphatic carbocycles. The van der Waals surface area contributed by atoms with E-state index in [1.807, 2.05) is 18.2 Å². The Morgan fingerprint density at radius 3 is 2.34 bits per heavy atom. The third-order valence-electron chi connectivity index (χ3n) is 4.15. The quantitative estimate of drug-likeness (QED) is 0.456. The Bertz CT molecular complexity index is 1250. The van der Waals surface area contributed by atoms with Crippen molar-refractivity contribution < 1.29 is 12.8 Å². The van der Waals surface area contributed by atoms with E-state index in [2.05, 4.69) is 9.97 Å². The van der Waals surface area contributed by atoms with Gasteiger partial charge in [-0.1, -0.05) is 12.1 Å². The number of H-pyrrole nitrogens is 1. The van der Waals surface area contributed by atoms with Crippen molar-refractivity contribution in [1.29, 1.82) is 0 Å². The molecule has 0 aliphatic rings. The summed E-state index contributed by atoms with van der Waals surface area (Å²) >= 11 is 0. The Hall–Kier alpha value is -2.97. The fraction of sp³-hybridized carbons (Fsp3) is 0.0476. The van der Waals surface area contributed by atoms with Crippen molar-refractivity contribution in [2.75, 3.05) is 6.26 Å². The highest BCUT2D eigenvalue weighted by atomic mass is 33.1. The van der Waals surface area contributed by atoms with Crippen LogP contribution in [0.15, 0.2) is 78.0 Å². The number of hydrogen-bond acceptors (Lipinski definition) is 5. The van der Waals surface area contributed by atoms with Gasteiger partial charge in [0.25, 0.3) is 0 Å².